The van der Waals surface area contributed by atoms with Gasteiger partial charge in [0.2, 0.25) is 0 Å². The first-order chi connectivity index (χ1) is 6.86. The lowest BCUT2D eigenvalue weighted by molar-refractivity contribution is -0.131. The number of hydrogen-bond donors (Lipinski definition) is 1. The molecule has 0 unspecified atom stereocenters. The van der Waals surface area contributed by atoms with Gasteiger partial charge in [0.1, 0.15) is 15.1 Å². The molecule has 0 radical (unpaired) electrons. The van der Waals surface area contributed by atoms with E-state index in [4.69, 9.17) is 46.4 Å². The number of aromatic hydroxyl groups is 1. The third-order valence-corrected chi connectivity index (χ3v) is 3.10. The van der Waals surface area contributed by atoms with Crippen molar-refractivity contribution in [2.24, 2.45) is 0 Å². The molecule has 15 heavy (non-hydrogen) atoms. The lowest BCUT2D eigenvalue weighted by Gasteiger charge is -2.10. The van der Waals surface area contributed by atoms with E-state index in [2.05, 4.69) is 4.74 Å². The van der Waals surface area contributed by atoms with E-state index >= 15 is 0 Å². The Morgan fingerprint density at radius 3 is 2.07 bits per heavy atom. The monoisotopic (exact) mass is 288 g/mol. The molecule has 0 aliphatic heterocycles. The van der Waals surface area contributed by atoms with Crippen LogP contribution in [0.15, 0.2) is 0 Å². The Labute approximate surface area is 105 Å². The SMILES string of the molecule is CC(=O)Oc1c(Cl)c(O)c(Cl)c(Cl)c1Cl. The van der Waals surface area contributed by atoms with Crippen molar-refractivity contribution in [2.45, 2.75) is 6.92 Å². The number of carbonyl (C=O) groups excluding carboxylic acids is 1. The van der Waals surface area contributed by atoms with Crippen molar-refractivity contribution in [1.82, 2.24) is 0 Å². The van der Waals surface area contributed by atoms with Gasteiger partial charge in [-0.05, 0) is 0 Å². The van der Waals surface area contributed by atoms with E-state index in [9.17, 15) is 9.90 Å². The lowest BCUT2D eigenvalue weighted by Crippen LogP contribution is -2.03. The van der Waals surface area contributed by atoms with Gasteiger partial charge in [0.15, 0.2) is 11.5 Å². The van der Waals surface area contributed by atoms with Crippen LogP contribution in [0.25, 0.3) is 0 Å². The molecule has 1 aromatic rings. The highest BCUT2D eigenvalue weighted by atomic mass is 35.5. The predicted molar refractivity (Wildman–Crippen MR) is 59.5 cm³/mol. The fraction of sp³-hybridized carbons (Fsp3) is 0.125. The first kappa shape index (κ1) is 12.7. The zero-order valence-electron chi connectivity index (χ0n) is 7.28. The number of phenols is 1. The van der Waals surface area contributed by atoms with E-state index in [1.54, 1.807) is 0 Å². The van der Waals surface area contributed by atoms with Gasteiger partial charge in [-0.15, -0.1) is 0 Å². The fourth-order valence-corrected chi connectivity index (χ4v) is 1.80. The summed E-state index contributed by atoms with van der Waals surface area (Å²) in [5.41, 5.74) is 0. The molecule has 0 aliphatic carbocycles. The summed E-state index contributed by atoms with van der Waals surface area (Å²) in [7, 11) is 0. The molecule has 1 rings (SSSR count). The third-order valence-electron chi connectivity index (χ3n) is 1.45. The summed E-state index contributed by atoms with van der Waals surface area (Å²) in [6.07, 6.45) is 0. The maximum absolute atomic E-state index is 10.7. The highest BCUT2D eigenvalue weighted by Gasteiger charge is 2.22. The minimum absolute atomic E-state index is 0.125. The summed E-state index contributed by atoms with van der Waals surface area (Å²) in [6.45, 7) is 1.16. The maximum atomic E-state index is 10.7. The van der Waals surface area contributed by atoms with Crippen LogP contribution in [0.1, 0.15) is 6.92 Å². The average Bonchev–Trinajstić information content (AvgIpc) is 2.18. The predicted octanol–water partition coefficient (Wildman–Crippen LogP) is 3.93. The highest BCUT2D eigenvalue weighted by Crippen LogP contribution is 2.49. The van der Waals surface area contributed by atoms with Crippen LogP contribution in [0.4, 0.5) is 0 Å². The summed E-state index contributed by atoms with van der Waals surface area (Å²) < 4.78 is 4.69. The number of ether oxygens (including phenoxy) is 1. The molecule has 0 aromatic heterocycles. The number of hydrogen-bond acceptors (Lipinski definition) is 3. The van der Waals surface area contributed by atoms with Gasteiger partial charge >= 0.3 is 5.97 Å². The third kappa shape index (κ3) is 2.42. The Morgan fingerprint density at radius 2 is 1.60 bits per heavy atom. The van der Waals surface area contributed by atoms with E-state index < -0.39 is 11.7 Å². The Kier molecular flexibility index (Phi) is 3.95. The second kappa shape index (κ2) is 4.66. The van der Waals surface area contributed by atoms with Gasteiger partial charge in [-0.2, -0.15) is 0 Å². The van der Waals surface area contributed by atoms with E-state index in [0.29, 0.717) is 0 Å². The topological polar surface area (TPSA) is 46.5 Å². The lowest BCUT2D eigenvalue weighted by atomic mass is 10.3. The van der Waals surface area contributed by atoms with Crippen molar-refractivity contribution in [2.75, 3.05) is 0 Å². The van der Waals surface area contributed by atoms with Crippen molar-refractivity contribution < 1.29 is 14.6 Å². The molecular weight excluding hydrogens is 286 g/mol. The van der Waals surface area contributed by atoms with Crippen LogP contribution < -0.4 is 4.74 Å². The Bertz CT molecular complexity index is 401. The summed E-state index contributed by atoms with van der Waals surface area (Å²) in [5.74, 6) is -1.33. The van der Waals surface area contributed by atoms with Crippen molar-refractivity contribution in [3.05, 3.63) is 20.1 Å². The number of phenolic OH excluding ortho intramolecular Hbond substituents is 1. The Morgan fingerprint density at radius 1 is 1.07 bits per heavy atom. The number of halogens is 4. The Balaban J connectivity index is 3.45. The van der Waals surface area contributed by atoms with Gasteiger partial charge in [0.05, 0.1) is 5.02 Å². The molecule has 7 heteroatoms. The minimum Gasteiger partial charge on any atom is -0.505 e. The van der Waals surface area contributed by atoms with Gasteiger partial charge in [0, 0.05) is 6.92 Å². The summed E-state index contributed by atoms with van der Waals surface area (Å²) in [5, 5.41) is 8.70. The standard InChI is InChI=1S/C8H4Cl4O3/c1-2(13)15-8-5(11)3(9)4(10)7(14)6(8)12/h14H,1H3. The van der Waals surface area contributed by atoms with Crippen LogP contribution in [0.5, 0.6) is 11.5 Å². The smallest absolute Gasteiger partial charge is 0.308 e. The van der Waals surface area contributed by atoms with E-state index in [1.807, 2.05) is 0 Å². The van der Waals surface area contributed by atoms with Crippen LogP contribution in [0.3, 0.4) is 0 Å². The van der Waals surface area contributed by atoms with Crippen molar-refractivity contribution in [3.8, 4) is 11.5 Å². The van der Waals surface area contributed by atoms with Gasteiger partial charge < -0.3 is 9.84 Å². The molecule has 3 nitrogen and oxygen atoms in total. The van der Waals surface area contributed by atoms with Crippen LogP contribution in [0, 0.1) is 0 Å². The molecule has 0 bridgehead atoms. The van der Waals surface area contributed by atoms with Crippen molar-refractivity contribution >= 4 is 52.4 Å². The average molecular weight is 290 g/mol. The molecule has 0 saturated carbocycles. The zero-order chi connectivity index (χ0) is 11.7. The number of rotatable bonds is 1. The molecule has 0 aliphatic rings. The normalized spacial score (nSPS) is 10.2. The summed E-state index contributed by atoms with van der Waals surface area (Å²) in [6, 6.07) is 0. The van der Waals surface area contributed by atoms with Crippen LogP contribution in [-0.4, -0.2) is 11.1 Å². The number of benzene rings is 1. The Hall–Kier alpha value is -0.350. The molecule has 0 amide bonds. The fourth-order valence-electron chi connectivity index (χ4n) is 0.834. The van der Waals surface area contributed by atoms with Gasteiger partial charge in [-0.3, -0.25) is 4.79 Å². The van der Waals surface area contributed by atoms with Gasteiger partial charge in [0.25, 0.3) is 0 Å². The minimum atomic E-state index is -0.642. The summed E-state index contributed by atoms with van der Waals surface area (Å²) >= 11 is 22.7. The maximum Gasteiger partial charge on any atom is 0.308 e. The largest absolute Gasteiger partial charge is 0.505 e. The molecule has 0 fully saturated rings. The molecule has 0 saturated heterocycles. The molecule has 82 valence electrons. The van der Waals surface area contributed by atoms with E-state index in [1.165, 1.54) is 0 Å². The van der Waals surface area contributed by atoms with Crippen molar-refractivity contribution in [1.29, 1.82) is 0 Å². The van der Waals surface area contributed by atoms with Gasteiger partial charge in [-0.1, -0.05) is 46.4 Å². The number of esters is 1. The van der Waals surface area contributed by atoms with Gasteiger partial charge in [-0.25, -0.2) is 0 Å². The first-order valence-electron chi connectivity index (χ1n) is 3.59. The summed E-state index contributed by atoms with van der Waals surface area (Å²) in [4.78, 5) is 10.7. The highest BCUT2D eigenvalue weighted by molar-refractivity contribution is 6.51. The second-order valence-electron chi connectivity index (χ2n) is 2.53. The number of carbonyl (C=O) groups is 1. The van der Waals surface area contributed by atoms with Crippen LogP contribution in [0.2, 0.25) is 20.1 Å². The first-order valence-corrected chi connectivity index (χ1v) is 5.10. The van der Waals surface area contributed by atoms with Crippen LogP contribution >= 0.6 is 46.4 Å². The molecule has 0 spiro atoms. The van der Waals surface area contributed by atoms with Crippen molar-refractivity contribution in [3.63, 3.8) is 0 Å². The molecule has 1 N–H and O–H groups in total. The quantitative estimate of drug-likeness (QED) is 0.369. The molecule has 1 aromatic carbocycles. The van der Waals surface area contributed by atoms with Crippen LogP contribution in [-0.2, 0) is 4.79 Å². The second-order valence-corrected chi connectivity index (χ2v) is 4.04. The molecule has 0 atom stereocenters. The zero-order valence-corrected chi connectivity index (χ0v) is 10.3. The molecular formula is C8H4Cl4O3. The van der Waals surface area contributed by atoms with E-state index in [-0.39, 0.29) is 25.8 Å². The van der Waals surface area contributed by atoms with E-state index in [0.717, 1.165) is 6.92 Å². The molecule has 0 heterocycles.